The molecule has 0 atom stereocenters. The van der Waals surface area contributed by atoms with Gasteiger partial charge in [-0.25, -0.2) is 0 Å². The fraction of sp³-hybridized carbons (Fsp3) is 0.980. The Kier molecular flexibility index (Phi) is 48.0. The second kappa shape index (κ2) is 48.5. The van der Waals surface area contributed by atoms with Crippen molar-refractivity contribution in [2.24, 2.45) is 0 Å². The minimum Gasteiger partial charge on any atom is -0.466 e. The third kappa shape index (κ3) is 47.5. The Labute approximate surface area is 330 Å². The molecule has 0 spiro atoms. The van der Waals surface area contributed by atoms with Crippen molar-refractivity contribution in [3.05, 3.63) is 0 Å². The number of carbonyl (C=O) groups excluding carboxylic acids is 1. The predicted molar refractivity (Wildman–Crippen MR) is 235 cm³/mol. The number of hydrogen-bond acceptors (Lipinski definition) is 2. The number of ether oxygens (including phenoxy) is 1. The third-order valence-electron chi connectivity index (χ3n) is 11.7. The maximum Gasteiger partial charge on any atom is 0.305 e. The Morgan fingerprint density at radius 1 is 0.250 bits per heavy atom. The number of hydrogen-bond donors (Lipinski definition) is 0. The summed E-state index contributed by atoms with van der Waals surface area (Å²) in [6.45, 7) is 5.21. The zero-order valence-corrected chi connectivity index (χ0v) is 36.6. The van der Waals surface area contributed by atoms with Crippen LogP contribution in [0.3, 0.4) is 0 Å². The molecule has 0 unspecified atom stereocenters. The van der Waals surface area contributed by atoms with Crippen LogP contribution in [0.1, 0.15) is 309 Å². The van der Waals surface area contributed by atoms with Crippen LogP contribution >= 0.6 is 0 Å². The molecule has 0 amide bonds. The third-order valence-corrected chi connectivity index (χ3v) is 11.7. The molecule has 0 N–H and O–H groups in total. The van der Waals surface area contributed by atoms with E-state index < -0.39 is 0 Å². The standard InChI is InChI=1S/C50H100O2/c1-3-5-7-9-11-13-14-15-16-17-18-19-20-21-22-23-24-25-26-27-28-29-30-31-32-33-34-35-36-37-38-39-41-43-45-47-49-52-50(51)48-46-44-42-40-12-10-8-6-4-2/h3-49H2,1-2H3. The van der Waals surface area contributed by atoms with Gasteiger partial charge in [0.25, 0.3) is 0 Å². The zero-order chi connectivity index (χ0) is 37.5. The highest BCUT2D eigenvalue weighted by Crippen LogP contribution is 2.18. The van der Waals surface area contributed by atoms with Crippen LogP contribution in [-0.4, -0.2) is 12.6 Å². The average Bonchev–Trinajstić information content (AvgIpc) is 3.15. The first-order valence-corrected chi connectivity index (χ1v) is 25.0. The van der Waals surface area contributed by atoms with Gasteiger partial charge in [0.05, 0.1) is 6.61 Å². The molecule has 0 aliphatic rings. The molecule has 0 aliphatic heterocycles. The number of rotatable bonds is 47. The number of esters is 1. The highest BCUT2D eigenvalue weighted by molar-refractivity contribution is 5.69. The molecular formula is C50H100O2. The van der Waals surface area contributed by atoms with Crippen molar-refractivity contribution in [3.63, 3.8) is 0 Å². The zero-order valence-electron chi connectivity index (χ0n) is 36.6. The molecule has 52 heavy (non-hydrogen) atoms. The lowest BCUT2D eigenvalue weighted by Crippen LogP contribution is -2.05. The molecule has 0 aromatic rings. The van der Waals surface area contributed by atoms with E-state index in [1.807, 2.05) is 0 Å². The van der Waals surface area contributed by atoms with Gasteiger partial charge in [-0.15, -0.1) is 0 Å². The van der Waals surface area contributed by atoms with Crippen LogP contribution < -0.4 is 0 Å². The molecule has 0 bridgehead atoms. The molecule has 0 aromatic heterocycles. The first-order chi connectivity index (χ1) is 25.8. The minimum atomic E-state index is 0.0271. The average molecular weight is 733 g/mol. The first kappa shape index (κ1) is 51.5. The molecule has 312 valence electrons. The van der Waals surface area contributed by atoms with E-state index >= 15 is 0 Å². The SMILES string of the molecule is CCCCCCCCCCCCCCCCCCCCCCCCCCCCCCCCCCCCCCOC(=O)CCCCCCCCCCC. The molecule has 0 fully saturated rings. The van der Waals surface area contributed by atoms with Crippen molar-refractivity contribution < 1.29 is 9.53 Å². The molecule has 2 heteroatoms. The monoisotopic (exact) mass is 733 g/mol. The van der Waals surface area contributed by atoms with E-state index in [-0.39, 0.29) is 5.97 Å². The second-order valence-electron chi connectivity index (χ2n) is 17.2. The Bertz CT molecular complexity index is 630. The predicted octanol–water partition coefficient (Wildman–Crippen LogP) is 18.5. The molecule has 0 saturated heterocycles. The van der Waals surface area contributed by atoms with Gasteiger partial charge in [0.15, 0.2) is 0 Å². The smallest absolute Gasteiger partial charge is 0.305 e. The normalized spacial score (nSPS) is 11.5. The Morgan fingerprint density at radius 3 is 0.635 bits per heavy atom. The van der Waals surface area contributed by atoms with Gasteiger partial charge in [-0.2, -0.15) is 0 Å². The summed E-state index contributed by atoms with van der Waals surface area (Å²) in [5, 5.41) is 0. The van der Waals surface area contributed by atoms with Crippen molar-refractivity contribution >= 4 is 5.97 Å². The van der Waals surface area contributed by atoms with Gasteiger partial charge in [0.1, 0.15) is 0 Å². The summed E-state index contributed by atoms with van der Waals surface area (Å²) < 4.78 is 5.45. The molecule has 2 nitrogen and oxygen atoms in total. The van der Waals surface area contributed by atoms with Crippen molar-refractivity contribution in [2.45, 2.75) is 309 Å². The van der Waals surface area contributed by atoms with E-state index in [2.05, 4.69) is 13.8 Å². The largest absolute Gasteiger partial charge is 0.466 e. The van der Waals surface area contributed by atoms with Crippen molar-refractivity contribution in [2.75, 3.05) is 6.61 Å². The Balaban J connectivity index is 3.10. The van der Waals surface area contributed by atoms with E-state index in [4.69, 9.17) is 4.74 Å². The maximum absolute atomic E-state index is 11.9. The van der Waals surface area contributed by atoms with Gasteiger partial charge < -0.3 is 4.74 Å². The second-order valence-corrected chi connectivity index (χ2v) is 17.2. The summed E-state index contributed by atoms with van der Waals surface area (Å²) in [4.78, 5) is 11.9. The van der Waals surface area contributed by atoms with Crippen molar-refractivity contribution in [1.82, 2.24) is 0 Å². The fourth-order valence-corrected chi connectivity index (χ4v) is 8.02. The van der Waals surface area contributed by atoms with Gasteiger partial charge in [0.2, 0.25) is 0 Å². The van der Waals surface area contributed by atoms with E-state index in [0.29, 0.717) is 13.0 Å². The summed E-state index contributed by atoms with van der Waals surface area (Å²) in [5.74, 6) is 0.0271. The molecule has 0 rings (SSSR count). The van der Waals surface area contributed by atoms with Gasteiger partial charge in [-0.3, -0.25) is 4.79 Å². The highest BCUT2D eigenvalue weighted by atomic mass is 16.5. The summed E-state index contributed by atoms with van der Waals surface area (Å²) in [5.41, 5.74) is 0. The van der Waals surface area contributed by atoms with Crippen LogP contribution in [0.5, 0.6) is 0 Å². The van der Waals surface area contributed by atoms with Gasteiger partial charge in [-0.05, 0) is 12.8 Å². The Morgan fingerprint density at radius 2 is 0.423 bits per heavy atom. The maximum atomic E-state index is 11.9. The summed E-state index contributed by atoms with van der Waals surface area (Å²) in [7, 11) is 0. The lowest BCUT2D eigenvalue weighted by Gasteiger charge is -2.06. The fourth-order valence-electron chi connectivity index (χ4n) is 8.02. The first-order valence-electron chi connectivity index (χ1n) is 25.0. The summed E-state index contributed by atoms with van der Waals surface area (Å²) in [6.07, 6.45) is 64.1. The summed E-state index contributed by atoms with van der Waals surface area (Å²) in [6, 6.07) is 0. The number of unbranched alkanes of at least 4 members (excludes halogenated alkanes) is 43. The molecule has 0 radical (unpaired) electrons. The molecule has 0 saturated carbocycles. The molecule has 0 aliphatic carbocycles. The van der Waals surface area contributed by atoms with E-state index in [1.54, 1.807) is 0 Å². The van der Waals surface area contributed by atoms with Crippen LogP contribution in [0.4, 0.5) is 0 Å². The summed E-state index contributed by atoms with van der Waals surface area (Å²) >= 11 is 0. The van der Waals surface area contributed by atoms with E-state index in [0.717, 1.165) is 12.8 Å². The van der Waals surface area contributed by atoms with Gasteiger partial charge in [-0.1, -0.05) is 290 Å². The van der Waals surface area contributed by atoms with Crippen LogP contribution in [0.2, 0.25) is 0 Å². The minimum absolute atomic E-state index is 0.0271. The van der Waals surface area contributed by atoms with Crippen LogP contribution in [0.15, 0.2) is 0 Å². The quantitative estimate of drug-likeness (QED) is 0.0460. The number of carbonyl (C=O) groups is 1. The van der Waals surface area contributed by atoms with Crippen molar-refractivity contribution in [1.29, 1.82) is 0 Å². The highest BCUT2D eigenvalue weighted by Gasteiger charge is 2.03. The Hall–Kier alpha value is -0.530. The lowest BCUT2D eigenvalue weighted by molar-refractivity contribution is -0.143. The van der Waals surface area contributed by atoms with Crippen LogP contribution in [-0.2, 0) is 9.53 Å². The molecular weight excluding hydrogens is 633 g/mol. The lowest BCUT2D eigenvalue weighted by atomic mass is 10.0. The van der Waals surface area contributed by atoms with Gasteiger partial charge in [0, 0.05) is 6.42 Å². The van der Waals surface area contributed by atoms with Crippen LogP contribution in [0, 0.1) is 0 Å². The van der Waals surface area contributed by atoms with Crippen molar-refractivity contribution in [3.8, 4) is 0 Å². The van der Waals surface area contributed by atoms with Crippen LogP contribution in [0.25, 0.3) is 0 Å². The van der Waals surface area contributed by atoms with E-state index in [9.17, 15) is 4.79 Å². The molecule has 0 heterocycles. The van der Waals surface area contributed by atoms with Gasteiger partial charge >= 0.3 is 5.97 Å². The topological polar surface area (TPSA) is 26.3 Å². The van der Waals surface area contributed by atoms with E-state index in [1.165, 1.54) is 276 Å². The molecule has 0 aromatic carbocycles.